The van der Waals surface area contributed by atoms with Crippen molar-refractivity contribution >= 4 is 5.91 Å². The molecule has 0 radical (unpaired) electrons. The normalized spacial score (nSPS) is 22.3. The van der Waals surface area contributed by atoms with Crippen LogP contribution in [-0.4, -0.2) is 40.5 Å². The standard InChI is InChI=1S/C19H31N3O2/c1-15-11-16(2)13-22(12-15)19(3,4)14-20-17(23)8-10-21-9-6-5-7-18(21)24/h5-7,9,15-16H,8,10-14H2,1-4H3,(H,20,23). The quantitative estimate of drug-likeness (QED) is 0.867. The largest absolute Gasteiger partial charge is 0.354 e. The van der Waals surface area contributed by atoms with Gasteiger partial charge in [-0.3, -0.25) is 14.5 Å². The maximum atomic E-state index is 12.1. The van der Waals surface area contributed by atoms with Crippen molar-refractivity contribution in [3.05, 3.63) is 34.7 Å². The smallest absolute Gasteiger partial charge is 0.250 e. The monoisotopic (exact) mass is 333 g/mol. The Kier molecular flexibility index (Phi) is 6.21. The molecule has 1 N–H and O–H groups in total. The molecule has 1 saturated heterocycles. The number of likely N-dealkylation sites (tertiary alicyclic amines) is 1. The van der Waals surface area contributed by atoms with Gasteiger partial charge >= 0.3 is 0 Å². The van der Waals surface area contributed by atoms with Gasteiger partial charge in [0, 0.05) is 50.4 Å². The number of carbonyl (C=O) groups is 1. The average molecular weight is 333 g/mol. The number of aryl methyl sites for hydroxylation is 1. The highest BCUT2D eigenvalue weighted by Gasteiger charge is 2.32. The average Bonchev–Trinajstić information content (AvgIpc) is 2.51. The van der Waals surface area contributed by atoms with E-state index in [0.717, 1.165) is 13.1 Å². The molecule has 2 heterocycles. The molecule has 24 heavy (non-hydrogen) atoms. The molecule has 2 atom stereocenters. The predicted octanol–water partition coefficient (Wildman–Crippen LogP) is 2.11. The van der Waals surface area contributed by atoms with Gasteiger partial charge in [0.25, 0.3) is 5.56 Å². The number of rotatable bonds is 6. The zero-order valence-electron chi connectivity index (χ0n) is 15.4. The molecule has 1 aromatic rings. The number of piperidine rings is 1. The Morgan fingerprint density at radius 3 is 2.54 bits per heavy atom. The number of nitrogens with one attached hydrogen (secondary N) is 1. The Balaban J connectivity index is 1.82. The summed E-state index contributed by atoms with van der Waals surface area (Å²) >= 11 is 0. The molecule has 1 fully saturated rings. The summed E-state index contributed by atoms with van der Waals surface area (Å²) in [6.45, 7) is 12.2. The summed E-state index contributed by atoms with van der Waals surface area (Å²) in [7, 11) is 0. The first-order chi connectivity index (χ1) is 11.3. The molecular formula is C19H31N3O2. The van der Waals surface area contributed by atoms with Crippen LogP contribution in [0.5, 0.6) is 0 Å². The highest BCUT2D eigenvalue weighted by atomic mass is 16.1. The summed E-state index contributed by atoms with van der Waals surface area (Å²) in [5, 5.41) is 3.04. The van der Waals surface area contributed by atoms with Crippen LogP contribution in [0.4, 0.5) is 0 Å². The lowest BCUT2D eigenvalue weighted by Crippen LogP contribution is -2.56. The van der Waals surface area contributed by atoms with Gasteiger partial charge in [0.05, 0.1) is 0 Å². The van der Waals surface area contributed by atoms with Crippen LogP contribution in [0.25, 0.3) is 0 Å². The molecule has 0 bridgehead atoms. The molecule has 2 unspecified atom stereocenters. The van der Waals surface area contributed by atoms with E-state index in [2.05, 4.69) is 37.9 Å². The number of hydrogen-bond acceptors (Lipinski definition) is 3. The molecule has 5 nitrogen and oxygen atoms in total. The highest BCUT2D eigenvalue weighted by Crippen LogP contribution is 2.26. The minimum atomic E-state index is -0.0677. The predicted molar refractivity (Wildman–Crippen MR) is 96.9 cm³/mol. The van der Waals surface area contributed by atoms with Crippen LogP contribution in [-0.2, 0) is 11.3 Å². The number of carbonyl (C=O) groups excluding carboxylic acids is 1. The van der Waals surface area contributed by atoms with Gasteiger partial charge in [0.15, 0.2) is 0 Å². The first kappa shape index (κ1) is 18.7. The van der Waals surface area contributed by atoms with E-state index in [9.17, 15) is 9.59 Å². The van der Waals surface area contributed by atoms with Crippen molar-refractivity contribution in [1.29, 1.82) is 0 Å². The van der Waals surface area contributed by atoms with Crippen LogP contribution in [0.15, 0.2) is 29.2 Å². The fourth-order valence-electron chi connectivity index (χ4n) is 3.54. The van der Waals surface area contributed by atoms with Crippen LogP contribution < -0.4 is 10.9 Å². The Hall–Kier alpha value is -1.62. The molecular weight excluding hydrogens is 302 g/mol. The van der Waals surface area contributed by atoms with E-state index in [1.165, 1.54) is 12.5 Å². The third kappa shape index (κ3) is 5.20. The Morgan fingerprint density at radius 1 is 1.25 bits per heavy atom. The van der Waals surface area contributed by atoms with Crippen molar-refractivity contribution < 1.29 is 4.79 Å². The fraction of sp³-hybridized carbons (Fsp3) is 0.684. The van der Waals surface area contributed by atoms with Gasteiger partial charge in [-0.2, -0.15) is 0 Å². The van der Waals surface area contributed by atoms with Gasteiger partial charge in [0.2, 0.25) is 5.91 Å². The van der Waals surface area contributed by atoms with E-state index in [1.54, 1.807) is 22.9 Å². The number of aromatic nitrogens is 1. The van der Waals surface area contributed by atoms with Crippen LogP contribution in [0.2, 0.25) is 0 Å². The molecule has 0 aromatic carbocycles. The maximum Gasteiger partial charge on any atom is 0.250 e. The molecule has 2 rings (SSSR count). The minimum Gasteiger partial charge on any atom is -0.354 e. The number of pyridine rings is 1. The lowest BCUT2D eigenvalue weighted by molar-refractivity contribution is -0.122. The van der Waals surface area contributed by atoms with E-state index in [4.69, 9.17) is 0 Å². The van der Waals surface area contributed by atoms with Crippen LogP contribution in [0, 0.1) is 11.8 Å². The van der Waals surface area contributed by atoms with Gasteiger partial charge < -0.3 is 9.88 Å². The van der Waals surface area contributed by atoms with E-state index in [0.29, 0.717) is 31.3 Å². The second kappa shape index (κ2) is 7.97. The van der Waals surface area contributed by atoms with Gasteiger partial charge in [-0.1, -0.05) is 19.9 Å². The van der Waals surface area contributed by atoms with Gasteiger partial charge in [0.1, 0.15) is 0 Å². The van der Waals surface area contributed by atoms with Crippen LogP contribution in [0.1, 0.15) is 40.5 Å². The van der Waals surface area contributed by atoms with E-state index < -0.39 is 0 Å². The van der Waals surface area contributed by atoms with Crippen LogP contribution in [0.3, 0.4) is 0 Å². The van der Waals surface area contributed by atoms with E-state index in [-0.39, 0.29) is 17.0 Å². The minimum absolute atomic E-state index is 0.00284. The van der Waals surface area contributed by atoms with Gasteiger partial charge in [-0.15, -0.1) is 0 Å². The van der Waals surface area contributed by atoms with E-state index >= 15 is 0 Å². The summed E-state index contributed by atoms with van der Waals surface area (Å²) in [6.07, 6.45) is 3.33. The number of amides is 1. The first-order valence-corrected chi connectivity index (χ1v) is 8.95. The summed E-state index contributed by atoms with van der Waals surface area (Å²) in [5.74, 6) is 1.40. The van der Waals surface area contributed by atoms with Gasteiger partial charge in [-0.25, -0.2) is 0 Å². The second-order valence-electron chi connectivity index (χ2n) is 7.92. The Labute approximate surface area is 145 Å². The summed E-state index contributed by atoms with van der Waals surface area (Å²) in [4.78, 5) is 26.3. The molecule has 0 aliphatic carbocycles. The Morgan fingerprint density at radius 2 is 1.92 bits per heavy atom. The Bertz CT molecular complexity index is 599. The molecule has 5 heteroatoms. The number of nitrogens with zero attached hydrogens (tertiary/aromatic N) is 2. The van der Waals surface area contributed by atoms with Crippen molar-refractivity contribution in [3.63, 3.8) is 0 Å². The molecule has 1 aliphatic heterocycles. The summed E-state index contributed by atoms with van der Waals surface area (Å²) < 4.78 is 1.57. The highest BCUT2D eigenvalue weighted by molar-refractivity contribution is 5.75. The molecule has 134 valence electrons. The molecule has 1 amide bonds. The van der Waals surface area contributed by atoms with E-state index in [1.807, 2.05) is 0 Å². The molecule has 0 saturated carbocycles. The summed E-state index contributed by atoms with van der Waals surface area (Å²) in [6, 6.07) is 5.03. The fourth-order valence-corrected chi connectivity index (χ4v) is 3.54. The zero-order valence-corrected chi connectivity index (χ0v) is 15.4. The molecule has 1 aliphatic rings. The zero-order chi connectivity index (χ0) is 17.7. The van der Waals surface area contributed by atoms with Crippen LogP contribution >= 0.6 is 0 Å². The summed E-state index contributed by atoms with van der Waals surface area (Å²) in [5.41, 5.74) is -0.121. The third-order valence-corrected chi connectivity index (χ3v) is 4.92. The first-order valence-electron chi connectivity index (χ1n) is 8.95. The third-order valence-electron chi connectivity index (χ3n) is 4.92. The van der Waals surface area contributed by atoms with Gasteiger partial charge in [-0.05, 0) is 38.2 Å². The lowest BCUT2D eigenvalue weighted by Gasteiger charge is -2.45. The SMILES string of the molecule is CC1CC(C)CN(C(C)(C)CNC(=O)CCn2ccccc2=O)C1. The van der Waals surface area contributed by atoms with Crippen molar-refractivity contribution in [2.45, 2.75) is 52.6 Å². The molecule has 0 spiro atoms. The lowest BCUT2D eigenvalue weighted by atomic mass is 9.88. The topological polar surface area (TPSA) is 54.3 Å². The van der Waals surface area contributed by atoms with Crippen molar-refractivity contribution in [2.75, 3.05) is 19.6 Å². The maximum absolute atomic E-state index is 12.1. The van der Waals surface area contributed by atoms with Crippen molar-refractivity contribution in [3.8, 4) is 0 Å². The van der Waals surface area contributed by atoms with Crippen molar-refractivity contribution in [1.82, 2.24) is 14.8 Å². The number of hydrogen-bond donors (Lipinski definition) is 1. The molecule has 1 aromatic heterocycles. The van der Waals surface area contributed by atoms with Crippen molar-refractivity contribution in [2.24, 2.45) is 11.8 Å². The second-order valence-corrected chi connectivity index (χ2v) is 7.92.